The largest absolute Gasteiger partial charge is 0.321 e. The van der Waals surface area contributed by atoms with E-state index in [9.17, 15) is 14.0 Å². The second kappa shape index (κ2) is 5.84. The van der Waals surface area contributed by atoms with Crippen LogP contribution >= 0.6 is 11.6 Å². The molecule has 0 fully saturated rings. The Balaban J connectivity index is 2.28. The lowest BCUT2D eigenvalue weighted by molar-refractivity contribution is 0.101. The summed E-state index contributed by atoms with van der Waals surface area (Å²) in [6.45, 7) is 1.42. The van der Waals surface area contributed by atoms with Gasteiger partial charge in [-0.05, 0) is 37.3 Å². The number of carbonyl (C=O) groups excluding carboxylic acids is 2. The smallest absolute Gasteiger partial charge is 0.255 e. The number of nitrogens with one attached hydrogen (secondary N) is 1. The van der Waals surface area contributed by atoms with E-state index in [0.29, 0.717) is 11.3 Å². The van der Waals surface area contributed by atoms with Gasteiger partial charge in [0.25, 0.3) is 5.91 Å². The second-order valence-electron chi connectivity index (χ2n) is 4.18. The van der Waals surface area contributed by atoms with Gasteiger partial charge in [-0.2, -0.15) is 0 Å². The van der Waals surface area contributed by atoms with E-state index in [2.05, 4.69) is 5.32 Å². The molecule has 2 aromatic carbocycles. The Hall–Kier alpha value is -2.20. The lowest BCUT2D eigenvalue weighted by atomic mass is 10.1. The van der Waals surface area contributed by atoms with Gasteiger partial charge in [0.2, 0.25) is 0 Å². The summed E-state index contributed by atoms with van der Waals surface area (Å²) in [7, 11) is 0. The summed E-state index contributed by atoms with van der Waals surface area (Å²) in [4.78, 5) is 23.5. The molecule has 5 heteroatoms. The number of benzene rings is 2. The van der Waals surface area contributed by atoms with Gasteiger partial charge in [0.05, 0.1) is 10.7 Å². The molecule has 0 aliphatic rings. The molecule has 0 aliphatic carbocycles. The van der Waals surface area contributed by atoms with Crippen LogP contribution in [0.5, 0.6) is 0 Å². The number of anilines is 1. The fourth-order valence-electron chi connectivity index (χ4n) is 1.73. The van der Waals surface area contributed by atoms with E-state index in [1.807, 2.05) is 0 Å². The third kappa shape index (κ3) is 3.03. The molecule has 0 spiro atoms. The molecule has 0 aromatic heterocycles. The first-order chi connectivity index (χ1) is 9.49. The van der Waals surface area contributed by atoms with Crippen molar-refractivity contribution in [3.63, 3.8) is 0 Å². The molecule has 1 N–H and O–H groups in total. The zero-order valence-electron chi connectivity index (χ0n) is 10.6. The van der Waals surface area contributed by atoms with Crippen LogP contribution in [0.4, 0.5) is 10.1 Å². The molecular formula is C15H11ClFNO2. The van der Waals surface area contributed by atoms with Crippen LogP contribution in [0.3, 0.4) is 0 Å². The summed E-state index contributed by atoms with van der Waals surface area (Å²) in [5.74, 6) is -1.20. The zero-order chi connectivity index (χ0) is 14.7. The molecule has 20 heavy (non-hydrogen) atoms. The van der Waals surface area contributed by atoms with Gasteiger partial charge in [-0.25, -0.2) is 4.39 Å². The number of carbonyl (C=O) groups is 2. The first-order valence-electron chi connectivity index (χ1n) is 5.85. The van der Waals surface area contributed by atoms with Gasteiger partial charge in [0.15, 0.2) is 5.78 Å². The minimum Gasteiger partial charge on any atom is -0.321 e. The van der Waals surface area contributed by atoms with Gasteiger partial charge in [-0.15, -0.1) is 0 Å². The van der Waals surface area contributed by atoms with Crippen LogP contribution < -0.4 is 5.32 Å². The summed E-state index contributed by atoms with van der Waals surface area (Å²) < 4.78 is 13.1. The number of para-hydroxylation sites is 1. The quantitative estimate of drug-likeness (QED) is 0.871. The lowest BCUT2D eigenvalue weighted by Gasteiger charge is -2.09. The van der Waals surface area contributed by atoms with Crippen LogP contribution in [0.1, 0.15) is 27.6 Å². The third-order valence-electron chi connectivity index (χ3n) is 2.74. The number of Topliss-reactive ketones (excluding diaryl/α,β-unsaturated/α-hetero) is 1. The minimum absolute atomic E-state index is 0.127. The SMILES string of the molecule is CC(=O)c1ccccc1NC(=O)c1ccc(F)c(Cl)c1. The molecular weight excluding hydrogens is 281 g/mol. The fourth-order valence-corrected chi connectivity index (χ4v) is 1.91. The Morgan fingerprint density at radius 1 is 1.15 bits per heavy atom. The fraction of sp³-hybridized carbons (Fsp3) is 0.0667. The standard InChI is InChI=1S/C15H11ClFNO2/c1-9(19)11-4-2-3-5-14(11)18-15(20)10-6-7-13(17)12(16)8-10/h2-8H,1H3,(H,18,20). The van der Waals surface area contributed by atoms with Crippen LogP contribution in [0.25, 0.3) is 0 Å². The molecule has 0 aliphatic heterocycles. The highest BCUT2D eigenvalue weighted by Crippen LogP contribution is 2.19. The molecule has 1 amide bonds. The van der Waals surface area contributed by atoms with E-state index < -0.39 is 11.7 Å². The lowest BCUT2D eigenvalue weighted by Crippen LogP contribution is -2.14. The number of amides is 1. The van der Waals surface area contributed by atoms with Crippen molar-refractivity contribution in [3.8, 4) is 0 Å². The van der Waals surface area contributed by atoms with E-state index in [-0.39, 0.29) is 16.4 Å². The van der Waals surface area contributed by atoms with Gasteiger partial charge in [-0.1, -0.05) is 23.7 Å². The molecule has 0 saturated heterocycles. The molecule has 3 nitrogen and oxygen atoms in total. The van der Waals surface area contributed by atoms with E-state index >= 15 is 0 Å². The number of rotatable bonds is 3. The van der Waals surface area contributed by atoms with Crippen molar-refractivity contribution >= 4 is 29.0 Å². The molecule has 0 unspecified atom stereocenters. The number of hydrogen-bond donors (Lipinski definition) is 1. The minimum atomic E-state index is -0.590. The monoisotopic (exact) mass is 291 g/mol. The highest BCUT2D eigenvalue weighted by Gasteiger charge is 2.12. The van der Waals surface area contributed by atoms with Gasteiger partial charge < -0.3 is 5.32 Å². The second-order valence-corrected chi connectivity index (χ2v) is 4.59. The average Bonchev–Trinajstić information content (AvgIpc) is 2.42. The van der Waals surface area contributed by atoms with Crippen LogP contribution in [-0.2, 0) is 0 Å². The van der Waals surface area contributed by atoms with E-state index in [0.717, 1.165) is 6.07 Å². The maximum atomic E-state index is 13.1. The maximum Gasteiger partial charge on any atom is 0.255 e. The van der Waals surface area contributed by atoms with E-state index in [4.69, 9.17) is 11.6 Å². The molecule has 0 radical (unpaired) electrons. The first-order valence-corrected chi connectivity index (χ1v) is 6.23. The third-order valence-corrected chi connectivity index (χ3v) is 3.03. The molecule has 102 valence electrons. The Kier molecular flexibility index (Phi) is 4.15. The highest BCUT2D eigenvalue weighted by atomic mass is 35.5. The van der Waals surface area contributed by atoms with Gasteiger partial charge >= 0.3 is 0 Å². The van der Waals surface area contributed by atoms with Gasteiger partial charge in [-0.3, -0.25) is 9.59 Å². The van der Waals surface area contributed by atoms with Crippen molar-refractivity contribution in [2.24, 2.45) is 0 Å². The van der Waals surface area contributed by atoms with Crippen molar-refractivity contribution in [3.05, 3.63) is 64.4 Å². The Morgan fingerprint density at radius 3 is 2.50 bits per heavy atom. The van der Waals surface area contributed by atoms with E-state index in [1.54, 1.807) is 24.3 Å². The van der Waals surface area contributed by atoms with Crippen LogP contribution in [0, 0.1) is 5.82 Å². The van der Waals surface area contributed by atoms with Crippen molar-refractivity contribution in [1.82, 2.24) is 0 Å². The van der Waals surface area contributed by atoms with Crippen molar-refractivity contribution in [2.45, 2.75) is 6.92 Å². The van der Waals surface area contributed by atoms with Gasteiger partial charge in [0.1, 0.15) is 5.82 Å². The maximum absolute atomic E-state index is 13.1. The molecule has 0 bridgehead atoms. The van der Waals surface area contributed by atoms with E-state index in [1.165, 1.54) is 19.1 Å². The topological polar surface area (TPSA) is 46.2 Å². The zero-order valence-corrected chi connectivity index (χ0v) is 11.4. The molecule has 0 saturated carbocycles. The van der Waals surface area contributed by atoms with Gasteiger partial charge in [0, 0.05) is 11.1 Å². The predicted molar refractivity (Wildman–Crippen MR) is 75.8 cm³/mol. The van der Waals surface area contributed by atoms with Crippen molar-refractivity contribution in [1.29, 1.82) is 0 Å². The Morgan fingerprint density at radius 2 is 1.85 bits per heavy atom. The summed E-state index contributed by atoms with van der Waals surface area (Å²) in [5.41, 5.74) is 1.04. The van der Waals surface area contributed by atoms with Crippen LogP contribution in [0.15, 0.2) is 42.5 Å². The first kappa shape index (κ1) is 14.2. The number of ketones is 1. The molecule has 2 aromatic rings. The Bertz CT molecular complexity index is 685. The average molecular weight is 292 g/mol. The summed E-state index contributed by atoms with van der Waals surface area (Å²) in [6, 6.07) is 10.3. The van der Waals surface area contributed by atoms with Crippen LogP contribution in [-0.4, -0.2) is 11.7 Å². The predicted octanol–water partition coefficient (Wildman–Crippen LogP) is 3.93. The molecule has 0 atom stereocenters. The van der Waals surface area contributed by atoms with Crippen molar-refractivity contribution < 1.29 is 14.0 Å². The summed E-state index contributed by atoms with van der Waals surface area (Å²) >= 11 is 5.63. The summed E-state index contributed by atoms with van der Waals surface area (Å²) in [6.07, 6.45) is 0. The normalized spacial score (nSPS) is 10.2. The van der Waals surface area contributed by atoms with Crippen LogP contribution in [0.2, 0.25) is 5.02 Å². The summed E-state index contributed by atoms with van der Waals surface area (Å²) in [5, 5.41) is 2.49. The number of hydrogen-bond acceptors (Lipinski definition) is 2. The van der Waals surface area contributed by atoms with Crippen molar-refractivity contribution in [2.75, 3.05) is 5.32 Å². The number of halogens is 2. The highest BCUT2D eigenvalue weighted by molar-refractivity contribution is 6.31. The molecule has 0 heterocycles. The Labute approximate surface area is 120 Å². The molecule has 2 rings (SSSR count).